The van der Waals surface area contributed by atoms with Crippen LogP contribution in [0.5, 0.6) is 0 Å². The van der Waals surface area contributed by atoms with Crippen molar-refractivity contribution >= 4 is 11.5 Å². The fourth-order valence-electron chi connectivity index (χ4n) is 1.98. The first-order chi connectivity index (χ1) is 7.66. The van der Waals surface area contributed by atoms with Crippen LogP contribution < -0.4 is 5.73 Å². The minimum Gasteiger partial charge on any atom is -0.399 e. The number of ketones is 1. The van der Waals surface area contributed by atoms with Crippen LogP contribution in [-0.4, -0.2) is 18.5 Å². The van der Waals surface area contributed by atoms with Crippen molar-refractivity contribution in [2.75, 3.05) is 12.3 Å². The molecule has 1 unspecified atom stereocenters. The monoisotopic (exact) mass is 219 g/mol. The Labute approximate surface area is 95.6 Å². The summed E-state index contributed by atoms with van der Waals surface area (Å²) >= 11 is 0. The zero-order valence-electron chi connectivity index (χ0n) is 9.53. The van der Waals surface area contributed by atoms with Gasteiger partial charge in [-0.15, -0.1) is 0 Å². The molecule has 0 aliphatic carbocycles. The Morgan fingerprint density at radius 3 is 3.00 bits per heavy atom. The van der Waals surface area contributed by atoms with Crippen molar-refractivity contribution in [1.82, 2.24) is 0 Å². The number of anilines is 1. The Kier molecular flexibility index (Phi) is 3.25. The number of ether oxygens (including phenoxy) is 1. The molecule has 3 heteroatoms. The molecule has 0 bridgehead atoms. The molecule has 0 spiro atoms. The number of rotatable bonds is 3. The van der Waals surface area contributed by atoms with Crippen molar-refractivity contribution < 1.29 is 9.53 Å². The first kappa shape index (κ1) is 11.1. The largest absolute Gasteiger partial charge is 0.399 e. The minimum absolute atomic E-state index is 0.116. The molecule has 1 atom stereocenters. The number of nitrogen functional groups attached to an aromatic ring is 1. The van der Waals surface area contributed by atoms with Crippen molar-refractivity contribution in [1.29, 1.82) is 0 Å². The molecule has 86 valence electrons. The first-order valence-electron chi connectivity index (χ1n) is 5.68. The fraction of sp³-hybridized carbons (Fsp3) is 0.462. The zero-order chi connectivity index (χ0) is 11.5. The van der Waals surface area contributed by atoms with E-state index >= 15 is 0 Å². The smallest absolute Gasteiger partial charge is 0.165 e. The number of hydrogen-bond acceptors (Lipinski definition) is 3. The second-order valence-electron chi connectivity index (χ2n) is 4.33. The van der Waals surface area contributed by atoms with E-state index in [4.69, 9.17) is 10.5 Å². The number of carbonyl (C=O) groups excluding carboxylic acids is 1. The van der Waals surface area contributed by atoms with Crippen molar-refractivity contribution in [2.45, 2.75) is 32.3 Å². The van der Waals surface area contributed by atoms with E-state index in [-0.39, 0.29) is 11.9 Å². The van der Waals surface area contributed by atoms with Crippen molar-refractivity contribution in [3.63, 3.8) is 0 Å². The second-order valence-corrected chi connectivity index (χ2v) is 4.33. The molecule has 0 saturated carbocycles. The third-order valence-corrected chi connectivity index (χ3v) is 3.03. The van der Waals surface area contributed by atoms with E-state index < -0.39 is 0 Å². The van der Waals surface area contributed by atoms with Crippen LogP contribution in [0.3, 0.4) is 0 Å². The molecule has 16 heavy (non-hydrogen) atoms. The van der Waals surface area contributed by atoms with Crippen LogP contribution in [0.4, 0.5) is 5.69 Å². The maximum absolute atomic E-state index is 11.9. The zero-order valence-corrected chi connectivity index (χ0v) is 9.53. The van der Waals surface area contributed by atoms with E-state index in [2.05, 4.69) is 0 Å². The van der Waals surface area contributed by atoms with Gasteiger partial charge in [0.1, 0.15) is 0 Å². The predicted molar refractivity (Wildman–Crippen MR) is 63.5 cm³/mol. The lowest BCUT2D eigenvalue weighted by atomic mass is 10.0. The highest BCUT2D eigenvalue weighted by Crippen LogP contribution is 2.19. The van der Waals surface area contributed by atoms with Gasteiger partial charge in [-0.1, -0.05) is 0 Å². The van der Waals surface area contributed by atoms with Gasteiger partial charge in [-0.25, -0.2) is 0 Å². The topological polar surface area (TPSA) is 52.3 Å². The molecule has 2 N–H and O–H groups in total. The third-order valence-electron chi connectivity index (χ3n) is 3.03. The lowest BCUT2D eigenvalue weighted by molar-refractivity contribution is 0.0775. The maximum atomic E-state index is 11.9. The summed E-state index contributed by atoms with van der Waals surface area (Å²) in [5.74, 6) is 0.148. The minimum atomic E-state index is 0.116. The number of nitrogens with two attached hydrogens (primary N) is 1. The number of aryl methyl sites for hydroxylation is 1. The highest BCUT2D eigenvalue weighted by molar-refractivity contribution is 5.97. The highest BCUT2D eigenvalue weighted by Gasteiger charge is 2.19. The van der Waals surface area contributed by atoms with E-state index in [1.54, 1.807) is 12.1 Å². The predicted octanol–water partition coefficient (Wildman–Crippen LogP) is 2.33. The van der Waals surface area contributed by atoms with Crippen LogP contribution >= 0.6 is 0 Å². The van der Waals surface area contributed by atoms with Gasteiger partial charge in [0.05, 0.1) is 6.10 Å². The Balaban J connectivity index is 2.05. The quantitative estimate of drug-likeness (QED) is 0.627. The molecule has 0 amide bonds. The lowest BCUT2D eigenvalue weighted by Gasteiger charge is -2.09. The summed E-state index contributed by atoms with van der Waals surface area (Å²) in [6, 6.07) is 5.43. The average Bonchev–Trinajstić information content (AvgIpc) is 2.74. The van der Waals surface area contributed by atoms with Gasteiger partial charge in [0.25, 0.3) is 0 Å². The van der Waals surface area contributed by atoms with Gasteiger partial charge in [0.15, 0.2) is 5.78 Å². The van der Waals surface area contributed by atoms with Crippen LogP contribution in [0, 0.1) is 6.92 Å². The molecule has 1 aliphatic rings. The molecular weight excluding hydrogens is 202 g/mol. The molecule has 1 aromatic carbocycles. The first-order valence-corrected chi connectivity index (χ1v) is 5.68. The molecule has 1 saturated heterocycles. The summed E-state index contributed by atoms with van der Waals surface area (Å²) in [5, 5.41) is 0. The van der Waals surface area contributed by atoms with Gasteiger partial charge in [0.2, 0.25) is 0 Å². The lowest BCUT2D eigenvalue weighted by Crippen LogP contribution is -2.12. The summed E-state index contributed by atoms with van der Waals surface area (Å²) in [6.07, 6.45) is 2.67. The molecule has 0 aromatic heterocycles. The Morgan fingerprint density at radius 2 is 2.38 bits per heavy atom. The van der Waals surface area contributed by atoms with Gasteiger partial charge in [-0.2, -0.15) is 0 Å². The molecule has 2 rings (SSSR count). The van der Waals surface area contributed by atoms with Crippen molar-refractivity contribution in [2.24, 2.45) is 0 Å². The summed E-state index contributed by atoms with van der Waals surface area (Å²) in [6.45, 7) is 2.71. The average molecular weight is 219 g/mol. The third kappa shape index (κ3) is 2.42. The maximum Gasteiger partial charge on any atom is 0.165 e. The van der Waals surface area contributed by atoms with Crippen LogP contribution in [0.2, 0.25) is 0 Å². The summed E-state index contributed by atoms with van der Waals surface area (Å²) in [4.78, 5) is 11.9. The highest BCUT2D eigenvalue weighted by atomic mass is 16.5. The normalized spacial score (nSPS) is 19.9. The van der Waals surface area contributed by atoms with Gasteiger partial charge in [-0.3, -0.25) is 4.79 Å². The van der Waals surface area contributed by atoms with Gasteiger partial charge in [-0.05, 0) is 43.5 Å². The molecular formula is C13H17NO2. The van der Waals surface area contributed by atoms with E-state index in [9.17, 15) is 4.79 Å². The van der Waals surface area contributed by atoms with E-state index in [1.165, 1.54) is 0 Å². The van der Waals surface area contributed by atoms with Gasteiger partial charge >= 0.3 is 0 Å². The SMILES string of the molecule is Cc1cc(C(=O)CC2CCCO2)ccc1N. The Hall–Kier alpha value is -1.35. The summed E-state index contributed by atoms with van der Waals surface area (Å²) < 4.78 is 5.45. The fourth-order valence-corrected chi connectivity index (χ4v) is 1.98. The number of Topliss-reactive ketones (excluding diaryl/α,β-unsaturated/α-hetero) is 1. The molecule has 1 aromatic rings. The van der Waals surface area contributed by atoms with Crippen molar-refractivity contribution in [3.8, 4) is 0 Å². The second kappa shape index (κ2) is 4.66. The molecule has 1 fully saturated rings. The number of carbonyl (C=O) groups is 1. The number of benzene rings is 1. The van der Waals surface area contributed by atoms with Gasteiger partial charge in [0, 0.05) is 24.3 Å². The van der Waals surface area contributed by atoms with E-state index in [0.29, 0.717) is 6.42 Å². The summed E-state index contributed by atoms with van der Waals surface area (Å²) in [5.41, 5.74) is 8.14. The van der Waals surface area contributed by atoms with Crippen LogP contribution in [0.15, 0.2) is 18.2 Å². The molecule has 1 aliphatic heterocycles. The van der Waals surface area contributed by atoms with Crippen molar-refractivity contribution in [3.05, 3.63) is 29.3 Å². The molecule has 0 radical (unpaired) electrons. The Morgan fingerprint density at radius 1 is 1.56 bits per heavy atom. The molecule has 1 heterocycles. The van der Waals surface area contributed by atoms with Crippen LogP contribution in [0.25, 0.3) is 0 Å². The van der Waals surface area contributed by atoms with Gasteiger partial charge < -0.3 is 10.5 Å². The molecule has 3 nitrogen and oxygen atoms in total. The Bertz CT molecular complexity index is 395. The number of hydrogen-bond donors (Lipinski definition) is 1. The van der Waals surface area contributed by atoms with E-state index in [1.807, 2.05) is 13.0 Å². The van der Waals surface area contributed by atoms with Crippen LogP contribution in [-0.2, 0) is 4.74 Å². The standard InChI is InChI=1S/C13H17NO2/c1-9-7-10(4-5-12(9)14)13(15)8-11-3-2-6-16-11/h4-5,7,11H,2-3,6,8,14H2,1H3. The van der Waals surface area contributed by atoms with E-state index in [0.717, 1.165) is 36.3 Å². The summed E-state index contributed by atoms with van der Waals surface area (Å²) in [7, 11) is 0. The van der Waals surface area contributed by atoms with Crippen LogP contribution in [0.1, 0.15) is 35.2 Å².